The minimum atomic E-state index is -0.907. The number of nitrogens with zero attached hydrogens (tertiary/aromatic N) is 1. The molecule has 5 heteroatoms. The zero-order chi connectivity index (χ0) is 15.6. The van der Waals surface area contributed by atoms with Crippen LogP contribution in [0.1, 0.15) is 30.9 Å². The lowest BCUT2D eigenvalue weighted by atomic mass is 10.0. The van der Waals surface area contributed by atoms with Gasteiger partial charge < -0.3 is 4.74 Å². The van der Waals surface area contributed by atoms with E-state index in [9.17, 15) is 14.5 Å². The molecule has 0 unspecified atom stereocenters. The van der Waals surface area contributed by atoms with Gasteiger partial charge in [0.25, 0.3) is 0 Å². The first kappa shape index (κ1) is 15.0. The molecule has 0 N–H and O–H groups in total. The van der Waals surface area contributed by atoms with Crippen molar-refractivity contribution < 1.29 is 14.1 Å². The molecule has 0 aliphatic heterocycles. The van der Waals surface area contributed by atoms with E-state index < -0.39 is 16.4 Å². The van der Waals surface area contributed by atoms with Gasteiger partial charge in [-0.05, 0) is 42.2 Å². The Morgan fingerprint density at radius 1 is 1.19 bits per heavy atom. The first-order chi connectivity index (χ1) is 9.90. The van der Waals surface area contributed by atoms with E-state index in [0.29, 0.717) is 11.7 Å². The molecule has 0 saturated carbocycles. The molecule has 0 spiro atoms. The molecule has 0 saturated heterocycles. The zero-order valence-electron chi connectivity index (χ0n) is 12.1. The third-order valence-corrected chi connectivity index (χ3v) is 3.23. The van der Waals surface area contributed by atoms with Gasteiger partial charge in [0, 0.05) is 0 Å². The third-order valence-electron chi connectivity index (χ3n) is 3.23. The normalized spacial score (nSPS) is 10.7. The van der Waals surface area contributed by atoms with Gasteiger partial charge in [0.1, 0.15) is 5.75 Å². The lowest BCUT2D eigenvalue weighted by Gasteiger charge is -2.12. The van der Waals surface area contributed by atoms with E-state index in [1.54, 1.807) is 0 Å². The Morgan fingerprint density at radius 3 is 2.52 bits per heavy atom. The summed E-state index contributed by atoms with van der Waals surface area (Å²) < 4.78 is 19.2. The van der Waals surface area contributed by atoms with E-state index in [-0.39, 0.29) is 5.75 Å². The maximum absolute atomic E-state index is 13.6. The monoisotopic (exact) mass is 289 g/mol. The van der Waals surface area contributed by atoms with Crippen LogP contribution >= 0.6 is 0 Å². The van der Waals surface area contributed by atoms with Gasteiger partial charge in [0.15, 0.2) is 0 Å². The van der Waals surface area contributed by atoms with Crippen molar-refractivity contribution in [2.75, 3.05) is 0 Å². The number of nitro groups is 1. The maximum atomic E-state index is 13.6. The summed E-state index contributed by atoms with van der Waals surface area (Å²) in [6.07, 6.45) is 0. The number of ether oxygens (including phenoxy) is 1. The number of rotatable bonds is 4. The maximum Gasteiger partial charge on any atom is 0.346 e. The van der Waals surface area contributed by atoms with E-state index in [0.717, 1.165) is 17.2 Å². The highest BCUT2D eigenvalue weighted by atomic mass is 19.1. The summed E-state index contributed by atoms with van der Waals surface area (Å²) in [6, 6.07) is 9.52. The number of hydrogen-bond donors (Lipinski definition) is 0. The number of nitro benzene ring substituents is 1. The Balaban J connectivity index is 2.46. The second-order valence-corrected chi connectivity index (χ2v) is 5.13. The molecule has 0 radical (unpaired) electrons. The summed E-state index contributed by atoms with van der Waals surface area (Å²) in [7, 11) is 0. The summed E-state index contributed by atoms with van der Waals surface area (Å²) in [5.41, 5.74) is 1.24. The van der Waals surface area contributed by atoms with Crippen LogP contribution in [0.5, 0.6) is 11.5 Å². The van der Waals surface area contributed by atoms with Gasteiger partial charge in [0.2, 0.25) is 11.6 Å². The van der Waals surface area contributed by atoms with Crippen LogP contribution < -0.4 is 4.74 Å². The topological polar surface area (TPSA) is 52.4 Å². The number of aryl methyl sites for hydroxylation is 1. The van der Waals surface area contributed by atoms with E-state index in [1.807, 2.05) is 39.0 Å². The molecule has 0 heterocycles. The summed E-state index contributed by atoms with van der Waals surface area (Å²) in [6.45, 7) is 5.92. The Kier molecular flexibility index (Phi) is 4.21. The molecule has 0 aliphatic carbocycles. The minimum absolute atomic E-state index is 0.0935. The van der Waals surface area contributed by atoms with Gasteiger partial charge in [-0.3, -0.25) is 10.1 Å². The summed E-state index contributed by atoms with van der Waals surface area (Å²) in [5.74, 6) is -0.204. The van der Waals surface area contributed by atoms with Crippen LogP contribution in [0.2, 0.25) is 0 Å². The third kappa shape index (κ3) is 3.18. The quantitative estimate of drug-likeness (QED) is 0.590. The molecule has 4 nitrogen and oxygen atoms in total. The molecular formula is C16H16FNO3. The van der Waals surface area contributed by atoms with Crippen LogP contribution in [0, 0.1) is 22.9 Å². The van der Waals surface area contributed by atoms with Crippen molar-refractivity contribution in [1.29, 1.82) is 0 Å². The lowest BCUT2D eigenvalue weighted by molar-refractivity contribution is -0.388. The molecular weight excluding hydrogens is 273 g/mol. The fourth-order valence-corrected chi connectivity index (χ4v) is 1.96. The molecule has 21 heavy (non-hydrogen) atoms. The van der Waals surface area contributed by atoms with Gasteiger partial charge in [-0.15, -0.1) is 0 Å². The van der Waals surface area contributed by atoms with Crippen molar-refractivity contribution in [3.63, 3.8) is 0 Å². The van der Waals surface area contributed by atoms with Crippen molar-refractivity contribution in [2.45, 2.75) is 26.7 Å². The minimum Gasteiger partial charge on any atom is -0.450 e. The summed E-state index contributed by atoms with van der Waals surface area (Å²) in [4.78, 5) is 10.2. The zero-order valence-corrected chi connectivity index (χ0v) is 12.1. The molecule has 0 fully saturated rings. The van der Waals surface area contributed by atoms with Crippen LogP contribution in [0.15, 0.2) is 36.4 Å². The Bertz CT molecular complexity index is 683. The molecule has 0 amide bonds. The molecule has 2 aromatic rings. The molecule has 0 aromatic heterocycles. The molecule has 0 atom stereocenters. The highest BCUT2D eigenvalue weighted by Gasteiger charge is 2.22. The smallest absolute Gasteiger partial charge is 0.346 e. The van der Waals surface area contributed by atoms with Gasteiger partial charge in [-0.2, -0.15) is 4.39 Å². The number of para-hydroxylation sites is 1. The first-order valence-corrected chi connectivity index (χ1v) is 6.61. The predicted octanol–water partition coefficient (Wildman–Crippen LogP) is 4.96. The first-order valence-electron chi connectivity index (χ1n) is 6.61. The molecule has 0 aliphatic rings. The SMILES string of the molecule is Cc1ccc(C(C)C)cc1Oc1cccc(F)c1[N+](=O)[O-]. The van der Waals surface area contributed by atoms with Gasteiger partial charge >= 0.3 is 5.69 Å². The fraction of sp³-hybridized carbons (Fsp3) is 0.250. The van der Waals surface area contributed by atoms with Crippen molar-refractivity contribution in [3.8, 4) is 11.5 Å². The summed E-state index contributed by atoms with van der Waals surface area (Å²) >= 11 is 0. The van der Waals surface area contributed by atoms with Crippen molar-refractivity contribution in [3.05, 3.63) is 63.5 Å². The Morgan fingerprint density at radius 2 is 1.90 bits per heavy atom. The second-order valence-electron chi connectivity index (χ2n) is 5.13. The average Bonchev–Trinajstić information content (AvgIpc) is 2.40. The largest absolute Gasteiger partial charge is 0.450 e. The van der Waals surface area contributed by atoms with E-state index in [4.69, 9.17) is 4.74 Å². The molecule has 2 aromatic carbocycles. The molecule has 110 valence electrons. The lowest BCUT2D eigenvalue weighted by Crippen LogP contribution is -1.98. The highest BCUT2D eigenvalue weighted by Crippen LogP contribution is 2.35. The highest BCUT2D eigenvalue weighted by molar-refractivity contribution is 5.50. The van der Waals surface area contributed by atoms with Crippen molar-refractivity contribution >= 4 is 5.69 Å². The fourth-order valence-electron chi connectivity index (χ4n) is 1.96. The van der Waals surface area contributed by atoms with Crippen LogP contribution in [0.4, 0.5) is 10.1 Å². The van der Waals surface area contributed by atoms with Gasteiger partial charge in [-0.25, -0.2) is 0 Å². The molecule has 0 bridgehead atoms. The van der Waals surface area contributed by atoms with Gasteiger partial charge in [-0.1, -0.05) is 32.0 Å². The standard InChI is InChI=1S/C16H16FNO3/c1-10(2)12-8-7-11(3)15(9-12)21-14-6-4-5-13(17)16(14)18(19)20/h4-10H,1-3H3. The van der Waals surface area contributed by atoms with E-state index in [2.05, 4.69) is 0 Å². The van der Waals surface area contributed by atoms with Crippen LogP contribution in [0.3, 0.4) is 0 Å². The Hall–Kier alpha value is -2.43. The summed E-state index contributed by atoms with van der Waals surface area (Å²) in [5, 5.41) is 11.0. The van der Waals surface area contributed by atoms with E-state index in [1.165, 1.54) is 12.1 Å². The number of benzene rings is 2. The number of hydrogen-bond acceptors (Lipinski definition) is 3. The van der Waals surface area contributed by atoms with Gasteiger partial charge in [0.05, 0.1) is 4.92 Å². The second kappa shape index (κ2) is 5.91. The van der Waals surface area contributed by atoms with Crippen LogP contribution in [0.25, 0.3) is 0 Å². The Labute approximate surface area is 122 Å². The van der Waals surface area contributed by atoms with Crippen molar-refractivity contribution in [1.82, 2.24) is 0 Å². The predicted molar refractivity (Wildman–Crippen MR) is 78.4 cm³/mol. The van der Waals surface area contributed by atoms with E-state index >= 15 is 0 Å². The number of halogens is 1. The van der Waals surface area contributed by atoms with Crippen molar-refractivity contribution in [2.24, 2.45) is 0 Å². The van der Waals surface area contributed by atoms with Crippen LogP contribution in [-0.4, -0.2) is 4.92 Å². The average molecular weight is 289 g/mol. The van der Waals surface area contributed by atoms with Crippen LogP contribution in [-0.2, 0) is 0 Å². The molecule has 2 rings (SSSR count).